The van der Waals surface area contributed by atoms with E-state index in [1.165, 1.54) is 40.3 Å². The second-order valence-electron chi connectivity index (χ2n) is 10.9. The lowest BCUT2D eigenvalue weighted by atomic mass is 9.95. The minimum atomic E-state index is -0.287. The van der Waals surface area contributed by atoms with E-state index in [0.717, 1.165) is 39.8 Å². The van der Waals surface area contributed by atoms with E-state index in [4.69, 9.17) is 0 Å². The van der Waals surface area contributed by atoms with Gasteiger partial charge in [0.25, 0.3) is 0 Å². The molecule has 0 fully saturated rings. The number of rotatable bonds is 6. The number of halogens is 1. The van der Waals surface area contributed by atoms with Crippen LogP contribution in [0, 0.1) is 24.6 Å². The van der Waals surface area contributed by atoms with E-state index >= 15 is 4.39 Å². The molecule has 0 unspecified atom stereocenters. The third-order valence-electron chi connectivity index (χ3n) is 7.89. The largest absolute Gasteiger partial charge is 0.206 e. The van der Waals surface area contributed by atoms with Crippen molar-refractivity contribution >= 4 is 10.8 Å². The van der Waals surface area contributed by atoms with Crippen LogP contribution >= 0.6 is 0 Å². The first-order valence-electron chi connectivity index (χ1n) is 14.7. The molecule has 0 bridgehead atoms. The Morgan fingerprint density at radius 3 is 1.71 bits per heavy atom. The minimum absolute atomic E-state index is 0.287. The van der Waals surface area contributed by atoms with E-state index in [9.17, 15) is 0 Å². The Hall–Kier alpha value is -4.93. The second kappa shape index (κ2) is 12.3. The van der Waals surface area contributed by atoms with Gasteiger partial charge < -0.3 is 0 Å². The topological polar surface area (TPSA) is 0 Å². The van der Waals surface area contributed by atoms with Crippen molar-refractivity contribution < 1.29 is 4.39 Å². The van der Waals surface area contributed by atoms with Crippen LogP contribution in [0.5, 0.6) is 0 Å². The van der Waals surface area contributed by atoms with Crippen LogP contribution in [0.25, 0.3) is 44.2 Å². The Labute approximate surface area is 248 Å². The zero-order valence-electron chi connectivity index (χ0n) is 24.1. The molecule has 0 aromatic heterocycles. The van der Waals surface area contributed by atoms with Crippen LogP contribution in [0.2, 0.25) is 0 Å². The van der Waals surface area contributed by atoms with Crippen molar-refractivity contribution in [3.05, 3.63) is 155 Å². The van der Waals surface area contributed by atoms with Gasteiger partial charge in [0.05, 0.1) is 5.56 Å². The zero-order chi connectivity index (χ0) is 28.9. The molecule has 6 aromatic rings. The van der Waals surface area contributed by atoms with Crippen molar-refractivity contribution in [2.75, 3.05) is 0 Å². The summed E-state index contributed by atoms with van der Waals surface area (Å²) in [6.07, 6.45) is 3.45. The fraction of sp³-hybridized carbons (Fsp3) is 0.122. The molecule has 0 amide bonds. The predicted molar refractivity (Wildman–Crippen MR) is 176 cm³/mol. The molecule has 0 heterocycles. The second-order valence-corrected chi connectivity index (χ2v) is 10.9. The van der Waals surface area contributed by atoms with Gasteiger partial charge in [0.1, 0.15) is 5.82 Å². The van der Waals surface area contributed by atoms with Crippen molar-refractivity contribution in [2.45, 2.75) is 33.1 Å². The Morgan fingerprint density at radius 2 is 1.12 bits per heavy atom. The molecule has 0 aliphatic carbocycles. The fourth-order valence-electron chi connectivity index (χ4n) is 5.43. The lowest BCUT2D eigenvalue weighted by Crippen LogP contribution is -1.92. The highest BCUT2D eigenvalue weighted by molar-refractivity contribution is 5.91. The molecule has 0 spiro atoms. The van der Waals surface area contributed by atoms with Crippen LogP contribution in [0.3, 0.4) is 0 Å². The van der Waals surface area contributed by atoms with Gasteiger partial charge in [-0.05, 0) is 111 Å². The van der Waals surface area contributed by atoms with Crippen molar-refractivity contribution in [1.82, 2.24) is 0 Å². The number of unbranched alkanes of at least 4 members (excludes halogenated alkanes) is 1. The molecular formula is C41H33F. The van der Waals surface area contributed by atoms with E-state index in [1.807, 2.05) is 31.2 Å². The average molecular weight is 545 g/mol. The summed E-state index contributed by atoms with van der Waals surface area (Å²) in [7, 11) is 0. The first kappa shape index (κ1) is 27.3. The molecule has 0 N–H and O–H groups in total. The van der Waals surface area contributed by atoms with Crippen LogP contribution < -0.4 is 0 Å². The Balaban J connectivity index is 1.20. The first-order valence-corrected chi connectivity index (χ1v) is 14.7. The standard InChI is InChI=1S/C41H33F/c1-3-4-8-30-11-13-31(14-12-30)15-24-40-29(2)25-39(28-41(40)42)34-18-16-33(17-19-34)36-21-23-37-26-35(20-22-38(37)27-36)32-9-6-5-7-10-32/h5-7,9-14,16-23,25-28H,3-4,8H2,1-2H3. The lowest BCUT2D eigenvalue weighted by Gasteiger charge is -2.09. The molecule has 1 heteroatoms. The van der Waals surface area contributed by atoms with Gasteiger partial charge in [-0.1, -0.05) is 116 Å². The molecule has 0 radical (unpaired) electrons. The third kappa shape index (κ3) is 6.04. The van der Waals surface area contributed by atoms with Crippen LogP contribution in [0.1, 0.15) is 42.0 Å². The SMILES string of the molecule is CCCCc1ccc(C#Cc2c(C)cc(-c3ccc(-c4ccc5cc(-c6ccccc6)ccc5c4)cc3)cc2F)cc1. The number of hydrogen-bond acceptors (Lipinski definition) is 0. The number of benzene rings is 6. The summed E-state index contributed by atoms with van der Waals surface area (Å²) in [6.45, 7) is 4.13. The Kier molecular flexibility index (Phi) is 7.98. The van der Waals surface area contributed by atoms with Gasteiger partial charge in [-0.2, -0.15) is 0 Å². The van der Waals surface area contributed by atoms with E-state index in [1.54, 1.807) is 6.07 Å². The van der Waals surface area contributed by atoms with Crippen LogP contribution in [-0.4, -0.2) is 0 Å². The normalized spacial score (nSPS) is 10.8. The highest BCUT2D eigenvalue weighted by Gasteiger charge is 2.09. The minimum Gasteiger partial charge on any atom is -0.206 e. The summed E-state index contributed by atoms with van der Waals surface area (Å²) in [5.74, 6) is 5.93. The highest BCUT2D eigenvalue weighted by Crippen LogP contribution is 2.31. The molecule has 42 heavy (non-hydrogen) atoms. The van der Waals surface area contributed by atoms with Gasteiger partial charge in [0.15, 0.2) is 0 Å². The van der Waals surface area contributed by atoms with Crippen LogP contribution in [-0.2, 0) is 6.42 Å². The number of aryl methyl sites for hydroxylation is 2. The maximum Gasteiger partial charge on any atom is 0.139 e. The first-order chi connectivity index (χ1) is 20.6. The molecule has 0 nitrogen and oxygen atoms in total. The van der Waals surface area contributed by atoms with Gasteiger partial charge in [0.2, 0.25) is 0 Å². The van der Waals surface area contributed by atoms with Crippen LogP contribution in [0.4, 0.5) is 4.39 Å². The van der Waals surface area contributed by atoms with E-state index in [2.05, 4.69) is 116 Å². The maximum atomic E-state index is 15.2. The summed E-state index contributed by atoms with van der Waals surface area (Å²) >= 11 is 0. The van der Waals surface area contributed by atoms with Gasteiger partial charge in [-0.25, -0.2) is 4.39 Å². The molecule has 0 aliphatic rings. The van der Waals surface area contributed by atoms with E-state index in [-0.39, 0.29) is 5.82 Å². The molecule has 6 aromatic carbocycles. The Bertz CT molecular complexity index is 1880. The van der Waals surface area contributed by atoms with Gasteiger partial charge in [-0.3, -0.25) is 0 Å². The molecule has 0 saturated carbocycles. The van der Waals surface area contributed by atoms with E-state index < -0.39 is 0 Å². The smallest absolute Gasteiger partial charge is 0.139 e. The van der Waals surface area contributed by atoms with Gasteiger partial charge >= 0.3 is 0 Å². The maximum absolute atomic E-state index is 15.2. The summed E-state index contributed by atoms with van der Waals surface area (Å²) in [6, 6.07) is 43.9. The molecular weight excluding hydrogens is 511 g/mol. The number of hydrogen-bond donors (Lipinski definition) is 0. The quantitative estimate of drug-likeness (QED) is 0.183. The van der Waals surface area contributed by atoms with Crippen molar-refractivity contribution in [1.29, 1.82) is 0 Å². The molecule has 0 atom stereocenters. The van der Waals surface area contributed by atoms with Gasteiger partial charge in [-0.15, -0.1) is 0 Å². The zero-order valence-corrected chi connectivity index (χ0v) is 24.1. The summed E-state index contributed by atoms with van der Waals surface area (Å²) in [5, 5.41) is 2.42. The summed E-state index contributed by atoms with van der Waals surface area (Å²) in [5.41, 5.74) is 10.1. The van der Waals surface area contributed by atoms with Gasteiger partial charge in [0, 0.05) is 5.56 Å². The number of fused-ring (bicyclic) bond motifs is 1. The lowest BCUT2D eigenvalue weighted by molar-refractivity contribution is 0.623. The highest BCUT2D eigenvalue weighted by atomic mass is 19.1. The summed E-state index contributed by atoms with van der Waals surface area (Å²) in [4.78, 5) is 0. The molecule has 204 valence electrons. The molecule has 0 saturated heterocycles. The monoisotopic (exact) mass is 544 g/mol. The van der Waals surface area contributed by atoms with Crippen LogP contribution in [0.15, 0.2) is 127 Å². The molecule has 6 rings (SSSR count). The average Bonchev–Trinajstić information content (AvgIpc) is 3.04. The fourth-order valence-corrected chi connectivity index (χ4v) is 5.43. The predicted octanol–water partition coefficient (Wildman–Crippen LogP) is 11.0. The summed E-state index contributed by atoms with van der Waals surface area (Å²) < 4.78 is 15.2. The van der Waals surface area contributed by atoms with Crippen molar-refractivity contribution in [3.8, 4) is 45.2 Å². The van der Waals surface area contributed by atoms with E-state index in [0.29, 0.717) is 5.56 Å². The van der Waals surface area contributed by atoms with Crippen molar-refractivity contribution in [3.63, 3.8) is 0 Å². The Morgan fingerprint density at radius 1 is 0.548 bits per heavy atom. The van der Waals surface area contributed by atoms with Crippen molar-refractivity contribution in [2.24, 2.45) is 0 Å². The third-order valence-corrected chi connectivity index (χ3v) is 7.89. The molecule has 0 aliphatic heterocycles.